The summed E-state index contributed by atoms with van der Waals surface area (Å²) in [4.78, 5) is 4.67. The number of rotatable bonds is 2. The molecule has 28 heavy (non-hydrogen) atoms. The Bertz CT molecular complexity index is 1340. The lowest BCUT2D eigenvalue weighted by molar-refractivity contribution is 0.918. The van der Waals surface area contributed by atoms with Crippen LogP contribution in [0.3, 0.4) is 0 Å². The molecule has 0 amide bonds. The summed E-state index contributed by atoms with van der Waals surface area (Å²) in [6.45, 7) is 2.08. The van der Waals surface area contributed by atoms with Gasteiger partial charge in [-0.2, -0.15) is 5.10 Å². The van der Waals surface area contributed by atoms with E-state index >= 15 is 0 Å². The molecule has 0 atom stereocenters. The molecule has 0 radical (unpaired) electrons. The van der Waals surface area contributed by atoms with Gasteiger partial charge in [0, 0.05) is 22.5 Å². The van der Waals surface area contributed by atoms with Gasteiger partial charge in [0.25, 0.3) is 0 Å². The van der Waals surface area contributed by atoms with Crippen molar-refractivity contribution in [2.75, 3.05) is 0 Å². The lowest BCUT2D eigenvalue weighted by Gasteiger charge is -2.07. The zero-order valence-corrected chi connectivity index (χ0v) is 16.5. The molecule has 0 saturated carbocycles. The standard InChI is InChI=1S/C23H15Cl2N3/c1-14-7-10-21-17(11-14)23-18(13-26-21)22(15-5-3-2-4-6-15)27-28(23)16-8-9-19(24)20(25)12-16/h2-13H,1H3. The Hall–Kier alpha value is -2.88. The summed E-state index contributed by atoms with van der Waals surface area (Å²) >= 11 is 12.4. The van der Waals surface area contributed by atoms with Gasteiger partial charge in [0.1, 0.15) is 5.69 Å². The second-order valence-corrected chi connectivity index (χ2v) is 7.58. The molecular weight excluding hydrogens is 389 g/mol. The lowest BCUT2D eigenvalue weighted by atomic mass is 10.1. The van der Waals surface area contributed by atoms with E-state index in [1.54, 1.807) is 6.07 Å². The van der Waals surface area contributed by atoms with Gasteiger partial charge in [0.05, 0.1) is 26.8 Å². The van der Waals surface area contributed by atoms with Crippen molar-refractivity contribution >= 4 is 45.0 Å². The number of aryl methyl sites for hydroxylation is 1. The smallest absolute Gasteiger partial charge is 0.102 e. The van der Waals surface area contributed by atoms with Crippen LogP contribution in [0.4, 0.5) is 0 Å². The van der Waals surface area contributed by atoms with Gasteiger partial charge in [-0.05, 0) is 37.3 Å². The SMILES string of the molecule is Cc1ccc2ncc3c(-c4ccccc4)nn(-c4ccc(Cl)c(Cl)c4)c3c2c1. The van der Waals surface area contributed by atoms with Gasteiger partial charge in [0.2, 0.25) is 0 Å². The van der Waals surface area contributed by atoms with Crippen LogP contribution in [-0.2, 0) is 0 Å². The Labute approximate surface area is 172 Å². The van der Waals surface area contributed by atoms with Crippen LogP contribution in [0.1, 0.15) is 5.56 Å². The number of benzene rings is 3. The molecule has 0 bridgehead atoms. The van der Waals surface area contributed by atoms with E-state index in [9.17, 15) is 0 Å². The van der Waals surface area contributed by atoms with E-state index < -0.39 is 0 Å². The Morgan fingerprint density at radius 3 is 2.43 bits per heavy atom. The first kappa shape index (κ1) is 17.2. The average Bonchev–Trinajstić information content (AvgIpc) is 3.11. The minimum absolute atomic E-state index is 0.499. The molecular formula is C23H15Cl2N3. The van der Waals surface area contributed by atoms with Crippen LogP contribution >= 0.6 is 23.2 Å². The fourth-order valence-electron chi connectivity index (χ4n) is 3.51. The van der Waals surface area contributed by atoms with E-state index in [2.05, 4.69) is 36.2 Å². The molecule has 2 heterocycles. The van der Waals surface area contributed by atoms with Crippen LogP contribution < -0.4 is 0 Å². The van der Waals surface area contributed by atoms with Crippen molar-refractivity contribution in [3.8, 4) is 16.9 Å². The van der Waals surface area contributed by atoms with Crippen molar-refractivity contribution in [1.82, 2.24) is 14.8 Å². The minimum Gasteiger partial charge on any atom is -0.255 e. The highest BCUT2D eigenvalue weighted by Gasteiger charge is 2.17. The van der Waals surface area contributed by atoms with Crippen LogP contribution in [0, 0.1) is 6.92 Å². The Kier molecular flexibility index (Phi) is 4.08. The summed E-state index contributed by atoms with van der Waals surface area (Å²) in [7, 11) is 0. The van der Waals surface area contributed by atoms with Gasteiger partial charge in [-0.1, -0.05) is 65.2 Å². The normalized spacial score (nSPS) is 11.4. The van der Waals surface area contributed by atoms with Crippen molar-refractivity contribution < 1.29 is 0 Å². The Morgan fingerprint density at radius 2 is 1.64 bits per heavy atom. The van der Waals surface area contributed by atoms with Gasteiger partial charge in [0.15, 0.2) is 0 Å². The van der Waals surface area contributed by atoms with Crippen LogP contribution in [0.25, 0.3) is 38.8 Å². The molecule has 3 aromatic carbocycles. The summed E-state index contributed by atoms with van der Waals surface area (Å²) in [5, 5.41) is 8.02. The second kappa shape index (κ2) is 6.62. The number of fused-ring (bicyclic) bond motifs is 3. The van der Waals surface area contributed by atoms with Crippen molar-refractivity contribution in [3.05, 3.63) is 88.5 Å². The van der Waals surface area contributed by atoms with E-state index in [1.807, 2.05) is 47.3 Å². The van der Waals surface area contributed by atoms with Crippen molar-refractivity contribution in [2.24, 2.45) is 0 Å². The van der Waals surface area contributed by atoms with Gasteiger partial charge in [-0.3, -0.25) is 4.98 Å². The highest BCUT2D eigenvalue weighted by Crippen LogP contribution is 2.35. The van der Waals surface area contributed by atoms with E-state index in [1.165, 1.54) is 5.56 Å². The maximum Gasteiger partial charge on any atom is 0.102 e. The third-order valence-corrected chi connectivity index (χ3v) is 5.60. The summed E-state index contributed by atoms with van der Waals surface area (Å²) in [6.07, 6.45) is 1.90. The molecule has 0 N–H and O–H groups in total. The first-order chi connectivity index (χ1) is 13.6. The lowest BCUT2D eigenvalue weighted by Crippen LogP contribution is -1.97. The number of aromatic nitrogens is 3. The number of hydrogen-bond acceptors (Lipinski definition) is 2. The molecule has 3 nitrogen and oxygen atoms in total. The molecule has 0 aliphatic rings. The van der Waals surface area contributed by atoms with Crippen molar-refractivity contribution in [3.63, 3.8) is 0 Å². The molecule has 5 heteroatoms. The molecule has 5 rings (SSSR count). The quantitative estimate of drug-likeness (QED) is 0.322. The summed E-state index contributed by atoms with van der Waals surface area (Å²) < 4.78 is 1.93. The van der Waals surface area contributed by atoms with Crippen LogP contribution in [-0.4, -0.2) is 14.8 Å². The van der Waals surface area contributed by atoms with E-state index in [0.717, 1.165) is 38.8 Å². The summed E-state index contributed by atoms with van der Waals surface area (Å²) in [6, 6.07) is 22.0. The maximum atomic E-state index is 6.30. The second-order valence-electron chi connectivity index (χ2n) is 6.77. The van der Waals surface area contributed by atoms with Crippen LogP contribution in [0.15, 0.2) is 72.9 Å². The molecule has 5 aromatic rings. The molecule has 0 unspecified atom stereocenters. The molecule has 0 saturated heterocycles. The molecule has 0 aliphatic heterocycles. The topological polar surface area (TPSA) is 30.7 Å². The van der Waals surface area contributed by atoms with E-state index in [-0.39, 0.29) is 0 Å². The molecule has 0 aliphatic carbocycles. The first-order valence-corrected chi connectivity index (χ1v) is 9.66. The third-order valence-electron chi connectivity index (χ3n) is 4.86. The maximum absolute atomic E-state index is 6.30. The molecule has 136 valence electrons. The van der Waals surface area contributed by atoms with E-state index in [0.29, 0.717) is 10.0 Å². The highest BCUT2D eigenvalue weighted by atomic mass is 35.5. The first-order valence-electron chi connectivity index (χ1n) is 8.91. The van der Waals surface area contributed by atoms with Gasteiger partial charge in [-0.15, -0.1) is 0 Å². The zero-order valence-electron chi connectivity index (χ0n) is 15.0. The molecule has 0 spiro atoms. The van der Waals surface area contributed by atoms with Crippen molar-refractivity contribution in [2.45, 2.75) is 6.92 Å². The van der Waals surface area contributed by atoms with Gasteiger partial charge < -0.3 is 0 Å². The number of nitrogens with zero attached hydrogens (tertiary/aromatic N) is 3. The highest BCUT2D eigenvalue weighted by molar-refractivity contribution is 6.42. The average molecular weight is 404 g/mol. The molecule has 2 aromatic heterocycles. The number of pyridine rings is 1. The van der Waals surface area contributed by atoms with Gasteiger partial charge in [-0.25, -0.2) is 4.68 Å². The van der Waals surface area contributed by atoms with Crippen molar-refractivity contribution in [1.29, 1.82) is 0 Å². The summed E-state index contributed by atoms with van der Waals surface area (Å²) in [5.41, 5.74) is 5.89. The largest absolute Gasteiger partial charge is 0.255 e. The van der Waals surface area contributed by atoms with Crippen LogP contribution in [0.5, 0.6) is 0 Å². The monoisotopic (exact) mass is 403 g/mol. The predicted octanol–water partition coefficient (Wildman–Crippen LogP) is 6.86. The third kappa shape index (κ3) is 2.75. The number of hydrogen-bond donors (Lipinski definition) is 0. The fraction of sp³-hybridized carbons (Fsp3) is 0.0435. The molecule has 0 fully saturated rings. The van der Waals surface area contributed by atoms with Gasteiger partial charge >= 0.3 is 0 Å². The summed E-state index contributed by atoms with van der Waals surface area (Å²) in [5.74, 6) is 0. The predicted molar refractivity (Wildman–Crippen MR) is 117 cm³/mol. The Balaban J connectivity index is 1.92. The minimum atomic E-state index is 0.499. The fourth-order valence-corrected chi connectivity index (χ4v) is 3.80. The van der Waals surface area contributed by atoms with Crippen LogP contribution in [0.2, 0.25) is 10.0 Å². The van der Waals surface area contributed by atoms with E-state index in [4.69, 9.17) is 28.3 Å². The number of halogens is 2. The zero-order chi connectivity index (χ0) is 19.3. The Morgan fingerprint density at radius 1 is 0.821 bits per heavy atom.